The molecule has 11 heteroatoms. The van der Waals surface area contributed by atoms with E-state index in [4.69, 9.17) is 5.73 Å². The Labute approximate surface area is 181 Å². The average Bonchev–Trinajstić information content (AvgIpc) is 3.43. The maximum atomic E-state index is 13.9. The second-order valence-electron chi connectivity index (χ2n) is 7.42. The Morgan fingerprint density at radius 2 is 1.94 bits per heavy atom. The molecule has 1 unspecified atom stereocenters. The lowest BCUT2D eigenvalue weighted by atomic mass is 9.97. The van der Waals surface area contributed by atoms with E-state index in [1.54, 1.807) is 12.3 Å². The average molecular weight is 446 g/mol. The molecule has 2 N–H and O–H groups in total. The predicted octanol–water partition coefficient (Wildman–Crippen LogP) is 2.68. The van der Waals surface area contributed by atoms with Gasteiger partial charge in [-0.3, -0.25) is 4.79 Å². The van der Waals surface area contributed by atoms with Crippen LogP contribution in [0.4, 0.5) is 19.0 Å². The lowest BCUT2D eigenvalue weighted by Gasteiger charge is -2.17. The van der Waals surface area contributed by atoms with E-state index in [2.05, 4.69) is 24.8 Å². The molecule has 32 heavy (non-hydrogen) atoms. The Bertz CT molecular complexity index is 1080. The molecule has 0 spiro atoms. The van der Waals surface area contributed by atoms with Crippen molar-refractivity contribution in [3.05, 3.63) is 65.4 Å². The molecule has 168 valence electrons. The number of pyridine rings is 1. The van der Waals surface area contributed by atoms with Crippen LogP contribution in [-0.2, 0) is 11.3 Å². The van der Waals surface area contributed by atoms with Gasteiger partial charge in [-0.2, -0.15) is 23.8 Å². The minimum absolute atomic E-state index is 0.0590. The molecule has 0 bridgehead atoms. The summed E-state index contributed by atoms with van der Waals surface area (Å²) in [6, 6.07) is 7.25. The number of hydrogen-bond acceptors (Lipinski definition) is 6. The van der Waals surface area contributed by atoms with Crippen LogP contribution in [0.3, 0.4) is 0 Å². The molecule has 0 aliphatic carbocycles. The van der Waals surface area contributed by atoms with Crippen LogP contribution in [-0.4, -0.2) is 45.6 Å². The van der Waals surface area contributed by atoms with Gasteiger partial charge in [-0.25, -0.2) is 9.37 Å². The maximum Gasteiger partial charge on any atom is 0.387 e. The zero-order valence-electron chi connectivity index (χ0n) is 17.0. The van der Waals surface area contributed by atoms with Crippen molar-refractivity contribution in [1.82, 2.24) is 20.0 Å². The normalized spacial score (nSPS) is 14.7. The molecule has 0 radical (unpaired) electrons. The van der Waals surface area contributed by atoms with E-state index in [0.29, 0.717) is 16.8 Å². The van der Waals surface area contributed by atoms with E-state index in [9.17, 15) is 18.0 Å². The number of primary amides is 1. The lowest BCUT2D eigenvalue weighted by Crippen LogP contribution is -2.24. The monoisotopic (exact) mass is 446 g/mol. The van der Waals surface area contributed by atoms with Crippen molar-refractivity contribution >= 4 is 11.7 Å². The van der Waals surface area contributed by atoms with Gasteiger partial charge in [0.2, 0.25) is 5.91 Å². The SMILES string of the molecule is NC(=O)C(c1ccc(N2CCCC2)nc1)c1cnn(Cc2ccc(OC(F)F)c(F)c2)n1. The van der Waals surface area contributed by atoms with Crippen LogP contribution in [0.25, 0.3) is 0 Å². The standard InChI is InChI=1S/C21H21F3N6O2/c22-15-9-13(3-5-17(15)32-21(23)24)12-30-27-11-16(28-30)19(20(25)31)14-4-6-18(26-10-14)29-7-1-2-8-29/h3-6,9-11,19,21H,1-2,7-8,12H2,(H2,25,31). The third-order valence-electron chi connectivity index (χ3n) is 5.20. The Hall–Kier alpha value is -3.63. The number of anilines is 1. The topological polar surface area (TPSA) is 99.2 Å². The summed E-state index contributed by atoms with van der Waals surface area (Å²) in [5.74, 6) is -2.07. The molecule has 4 rings (SSSR count). The molecule has 1 aliphatic rings. The number of rotatable bonds is 8. The number of carbonyl (C=O) groups is 1. The molecule has 1 aliphatic heterocycles. The van der Waals surface area contributed by atoms with E-state index in [0.717, 1.165) is 43.9 Å². The number of halogens is 3. The van der Waals surface area contributed by atoms with Crippen LogP contribution in [0.2, 0.25) is 0 Å². The molecule has 3 heterocycles. The number of alkyl halides is 2. The van der Waals surface area contributed by atoms with Crippen LogP contribution in [0.5, 0.6) is 5.75 Å². The highest BCUT2D eigenvalue weighted by Gasteiger charge is 2.25. The highest BCUT2D eigenvalue weighted by atomic mass is 19.3. The molecule has 2 aromatic heterocycles. The quantitative estimate of drug-likeness (QED) is 0.571. The van der Waals surface area contributed by atoms with Crippen LogP contribution in [0.15, 0.2) is 42.7 Å². The zero-order chi connectivity index (χ0) is 22.7. The van der Waals surface area contributed by atoms with Crippen molar-refractivity contribution < 1.29 is 22.7 Å². The van der Waals surface area contributed by atoms with Crippen molar-refractivity contribution in [3.63, 3.8) is 0 Å². The highest BCUT2D eigenvalue weighted by molar-refractivity contribution is 5.84. The summed E-state index contributed by atoms with van der Waals surface area (Å²) in [5.41, 5.74) is 6.96. The van der Waals surface area contributed by atoms with E-state index in [1.807, 2.05) is 6.07 Å². The van der Waals surface area contributed by atoms with Gasteiger partial charge in [0, 0.05) is 19.3 Å². The van der Waals surface area contributed by atoms with Crippen molar-refractivity contribution in [2.45, 2.75) is 31.9 Å². The molecule has 1 atom stereocenters. The Balaban J connectivity index is 1.50. The largest absolute Gasteiger partial charge is 0.432 e. The van der Waals surface area contributed by atoms with Crippen molar-refractivity contribution in [3.8, 4) is 5.75 Å². The smallest absolute Gasteiger partial charge is 0.387 e. The first-order valence-corrected chi connectivity index (χ1v) is 10.0. The summed E-state index contributed by atoms with van der Waals surface area (Å²) >= 11 is 0. The maximum absolute atomic E-state index is 13.9. The van der Waals surface area contributed by atoms with Crippen molar-refractivity contribution in [2.75, 3.05) is 18.0 Å². The number of nitrogens with zero attached hydrogens (tertiary/aromatic N) is 5. The van der Waals surface area contributed by atoms with Crippen molar-refractivity contribution in [2.24, 2.45) is 5.73 Å². The molecule has 1 amide bonds. The summed E-state index contributed by atoms with van der Waals surface area (Å²) in [7, 11) is 0. The van der Waals surface area contributed by atoms with E-state index in [1.165, 1.54) is 17.1 Å². The van der Waals surface area contributed by atoms with Gasteiger partial charge in [0.05, 0.1) is 18.4 Å². The van der Waals surface area contributed by atoms with Gasteiger partial charge in [-0.15, -0.1) is 0 Å². The zero-order valence-corrected chi connectivity index (χ0v) is 17.0. The predicted molar refractivity (Wildman–Crippen MR) is 109 cm³/mol. The molecular weight excluding hydrogens is 425 g/mol. The van der Waals surface area contributed by atoms with Gasteiger partial charge in [0.25, 0.3) is 0 Å². The van der Waals surface area contributed by atoms with Gasteiger partial charge in [-0.05, 0) is 42.2 Å². The Morgan fingerprint density at radius 1 is 1.16 bits per heavy atom. The molecule has 8 nitrogen and oxygen atoms in total. The van der Waals surface area contributed by atoms with E-state index in [-0.39, 0.29) is 6.54 Å². The van der Waals surface area contributed by atoms with Crippen LogP contribution in [0, 0.1) is 5.82 Å². The molecule has 1 aromatic carbocycles. The van der Waals surface area contributed by atoms with Crippen LogP contribution >= 0.6 is 0 Å². The van der Waals surface area contributed by atoms with Gasteiger partial charge < -0.3 is 15.4 Å². The molecule has 3 aromatic rings. The summed E-state index contributed by atoms with van der Waals surface area (Å²) in [6.45, 7) is -1.15. The third-order valence-corrected chi connectivity index (χ3v) is 5.20. The van der Waals surface area contributed by atoms with Crippen LogP contribution < -0.4 is 15.4 Å². The fourth-order valence-electron chi connectivity index (χ4n) is 3.70. The summed E-state index contributed by atoms with van der Waals surface area (Å²) in [6.07, 6.45) is 5.28. The number of ether oxygens (including phenoxy) is 1. The fourth-order valence-corrected chi connectivity index (χ4v) is 3.70. The number of aromatic nitrogens is 4. The molecular formula is C21H21F3N6O2. The minimum atomic E-state index is -3.12. The van der Waals surface area contributed by atoms with Gasteiger partial charge in [-0.1, -0.05) is 12.1 Å². The lowest BCUT2D eigenvalue weighted by molar-refractivity contribution is -0.118. The van der Waals surface area contributed by atoms with Gasteiger partial charge in [0.15, 0.2) is 11.6 Å². The number of carbonyl (C=O) groups excluding carboxylic acids is 1. The highest BCUT2D eigenvalue weighted by Crippen LogP contribution is 2.25. The summed E-state index contributed by atoms with van der Waals surface area (Å²) in [4.78, 5) is 20.1. The molecule has 0 saturated carbocycles. The molecule has 1 fully saturated rings. The second kappa shape index (κ2) is 9.25. The van der Waals surface area contributed by atoms with Crippen LogP contribution in [0.1, 0.15) is 35.6 Å². The number of amides is 1. The third kappa shape index (κ3) is 4.82. The first kappa shape index (κ1) is 21.6. The number of benzene rings is 1. The minimum Gasteiger partial charge on any atom is -0.432 e. The Morgan fingerprint density at radius 3 is 2.56 bits per heavy atom. The van der Waals surface area contributed by atoms with E-state index >= 15 is 0 Å². The summed E-state index contributed by atoms with van der Waals surface area (Å²) < 4.78 is 42.6. The number of nitrogens with two attached hydrogens (primary N) is 1. The first-order chi connectivity index (χ1) is 15.4. The van der Waals surface area contributed by atoms with E-state index < -0.39 is 30.0 Å². The van der Waals surface area contributed by atoms with Crippen molar-refractivity contribution in [1.29, 1.82) is 0 Å². The first-order valence-electron chi connectivity index (χ1n) is 10.0. The number of hydrogen-bond donors (Lipinski definition) is 1. The molecule has 1 saturated heterocycles. The van der Waals surface area contributed by atoms with Gasteiger partial charge in [0.1, 0.15) is 11.7 Å². The Kier molecular flexibility index (Phi) is 6.24. The fraction of sp³-hybridized carbons (Fsp3) is 0.333. The van der Waals surface area contributed by atoms with Gasteiger partial charge >= 0.3 is 6.61 Å². The second-order valence-corrected chi connectivity index (χ2v) is 7.42. The summed E-state index contributed by atoms with van der Waals surface area (Å²) in [5, 5.41) is 8.41.